The highest BCUT2D eigenvalue weighted by Crippen LogP contribution is 2.16. The van der Waals surface area contributed by atoms with Crippen molar-refractivity contribution in [1.82, 2.24) is 20.4 Å². The molecule has 3 rings (SSSR count). The van der Waals surface area contributed by atoms with E-state index in [1.54, 1.807) is 6.20 Å². The molecule has 3 N–H and O–H groups in total. The normalized spacial score (nSPS) is 10.6. The fourth-order valence-electron chi connectivity index (χ4n) is 1.65. The molecule has 0 saturated carbocycles. The molecule has 1 aromatic carbocycles. The molecule has 2 heterocycles. The smallest absolute Gasteiger partial charge is 0.276 e. The van der Waals surface area contributed by atoms with Gasteiger partial charge in [0.05, 0.1) is 17.4 Å². The molecule has 0 fully saturated rings. The van der Waals surface area contributed by atoms with Crippen molar-refractivity contribution in [3.8, 4) is 0 Å². The minimum Gasteiger partial charge on any atom is -0.318 e. The number of hydrogen-bond acceptors (Lipinski definition) is 3. The summed E-state index contributed by atoms with van der Waals surface area (Å²) in [5.41, 5.74) is 1.83. The zero-order valence-electron chi connectivity index (χ0n) is 8.77. The van der Waals surface area contributed by atoms with Gasteiger partial charge in [0.1, 0.15) is 0 Å². The van der Waals surface area contributed by atoms with Gasteiger partial charge in [-0.15, -0.1) is 0 Å². The Labute approximate surface area is 96.0 Å². The number of para-hydroxylation sites is 1. The molecule has 6 heteroatoms. The first-order valence-corrected chi connectivity index (χ1v) is 5.08. The third kappa shape index (κ3) is 1.65. The van der Waals surface area contributed by atoms with Gasteiger partial charge in [-0.2, -0.15) is 10.2 Å². The molecule has 3 aromatic rings. The number of aromatic amines is 2. The van der Waals surface area contributed by atoms with Crippen molar-refractivity contribution in [1.29, 1.82) is 0 Å². The summed E-state index contributed by atoms with van der Waals surface area (Å²) in [5.74, 6) is -0.260. The number of fused-ring (bicyclic) bond motifs is 1. The fraction of sp³-hybridized carbons (Fsp3) is 0. The SMILES string of the molecule is O=C(Nc1cn[nH]c1)c1n[nH]c2ccccc12. The highest BCUT2D eigenvalue weighted by atomic mass is 16.1. The van der Waals surface area contributed by atoms with Gasteiger partial charge in [0.2, 0.25) is 0 Å². The Morgan fingerprint density at radius 3 is 3.00 bits per heavy atom. The van der Waals surface area contributed by atoms with Crippen LogP contribution in [0, 0.1) is 0 Å². The standard InChI is InChI=1S/C11H9N5O/c17-11(14-7-5-12-13-6-7)10-8-3-1-2-4-9(8)15-16-10/h1-6H,(H,12,13)(H,14,17)(H,15,16). The van der Waals surface area contributed by atoms with Gasteiger partial charge in [-0.25, -0.2) is 0 Å². The van der Waals surface area contributed by atoms with Crippen molar-refractivity contribution in [3.05, 3.63) is 42.4 Å². The van der Waals surface area contributed by atoms with E-state index < -0.39 is 0 Å². The predicted octanol–water partition coefficient (Wildman–Crippen LogP) is 1.54. The highest BCUT2D eigenvalue weighted by molar-refractivity contribution is 6.10. The maximum atomic E-state index is 12.0. The second-order valence-electron chi connectivity index (χ2n) is 3.56. The Bertz CT molecular complexity index is 655. The summed E-state index contributed by atoms with van der Waals surface area (Å²) in [6, 6.07) is 7.48. The minimum absolute atomic E-state index is 0.260. The van der Waals surface area contributed by atoms with Crippen LogP contribution in [0.25, 0.3) is 10.9 Å². The van der Waals surface area contributed by atoms with Gasteiger partial charge in [0.15, 0.2) is 5.69 Å². The molecule has 0 aliphatic heterocycles. The summed E-state index contributed by atoms with van der Waals surface area (Å²) in [6.07, 6.45) is 3.14. The summed E-state index contributed by atoms with van der Waals surface area (Å²) >= 11 is 0. The highest BCUT2D eigenvalue weighted by Gasteiger charge is 2.13. The van der Waals surface area contributed by atoms with Crippen LogP contribution in [0.15, 0.2) is 36.7 Å². The van der Waals surface area contributed by atoms with Gasteiger partial charge in [-0.1, -0.05) is 18.2 Å². The number of amides is 1. The van der Waals surface area contributed by atoms with Crippen LogP contribution in [0.5, 0.6) is 0 Å². The number of aromatic nitrogens is 4. The number of hydrogen-bond donors (Lipinski definition) is 3. The Balaban J connectivity index is 1.96. The van der Waals surface area contributed by atoms with Gasteiger partial charge < -0.3 is 5.32 Å². The third-order valence-electron chi connectivity index (χ3n) is 2.44. The summed E-state index contributed by atoms with van der Waals surface area (Å²) in [5, 5.41) is 16.7. The number of benzene rings is 1. The van der Waals surface area contributed by atoms with Crippen LogP contribution in [0.1, 0.15) is 10.5 Å². The zero-order chi connectivity index (χ0) is 11.7. The maximum Gasteiger partial charge on any atom is 0.276 e. The van der Waals surface area contributed by atoms with Crippen LogP contribution < -0.4 is 5.32 Å². The second kappa shape index (κ2) is 3.75. The lowest BCUT2D eigenvalue weighted by Gasteiger charge is -1.98. The zero-order valence-corrected chi connectivity index (χ0v) is 8.77. The van der Waals surface area contributed by atoms with E-state index in [0.717, 1.165) is 10.9 Å². The minimum atomic E-state index is -0.260. The molecule has 0 aliphatic rings. The van der Waals surface area contributed by atoms with E-state index in [-0.39, 0.29) is 5.91 Å². The molecule has 0 atom stereocenters. The molecule has 0 radical (unpaired) electrons. The van der Waals surface area contributed by atoms with Crippen molar-refractivity contribution in [2.24, 2.45) is 0 Å². The molecule has 6 nitrogen and oxygen atoms in total. The van der Waals surface area contributed by atoms with Gasteiger partial charge in [0, 0.05) is 11.6 Å². The molecule has 0 aliphatic carbocycles. The largest absolute Gasteiger partial charge is 0.318 e. The third-order valence-corrected chi connectivity index (χ3v) is 2.44. The molecule has 2 aromatic heterocycles. The molecule has 0 bridgehead atoms. The number of carbonyl (C=O) groups excluding carboxylic acids is 1. The van der Waals surface area contributed by atoms with Crippen molar-refractivity contribution in [2.75, 3.05) is 5.32 Å². The van der Waals surface area contributed by atoms with E-state index in [1.165, 1.54) is 6.20 Å². The van der Waals surface area contributed by atoms with Gasteiger partial charge in [0.25, 0.3) is 5.91 Å². The van der Waals surface area contributed by atoms with Crippen LogP contribution >= 0.6 is 0 Å². The van der Waals surface area contributed by atoms with Crippen LogP contribution in [-0.4, -0.2) is 26.3 Å². The second-order valence-corrected chi connectivity index (χ2v) is 3.56. The monoisotopic (exact) mass is 227 g/mol. The predicted molar refractivity (Wildman–Crippen MR) is 62.6 cm³/mol. The molecule has 84 valence electrons. The lowest BCUT2D eigenvalue weighted by molar-refractivity contribution is 0.102. The average Bonchev–Trinajstić information content (AvgIpc) is 2.96. The van der Waals surface area contributed by atoms with E-state index in [4.69, 9.17) is 0 Å². The Morgan fingerprint density at radius 1 is 1.29 bits per heavy atom. The van der Waals surface area contributed by atoms with Crippen molar-refractivity contribution < 1.29 is 4.79 Å². The fourth-order valence-corrected chi connectivity index (χ4v) is 1.65. The lowest BCUT2D eigenvalue weighted by Crippen LogP contribution is -2.12. The number of H-pyrrole nitrogens is 2. The summed E-state index contributed by atoms with van der Waals surface area (Å²) in [6.45, 7) is 0. The van der Waals surface area contributed by atoms with Gasteiger partial charge in [-0.3, -0.25) is 15.0 Å². The molecule has 17 heavy (non-hydrogen) atoms. The Hall–Kier alpha value is -2.63. The number of nitrogens with one attached hydrogen (secondary N) is 3. The van der Waals surface area contributed by atoms with Crippen LogP contribution in [0.3, 0.4) is 0 Å². The molecular weight excluding hydrogens is 218 g/mol. The van der Waals surface area contributed by atoms with Crippen LogP contribution in [0.4, 0.5) is 5.69 Å². The van der Waals surface area contributed by atoms with E-state index >= 15 is 0 Å². The maximum absolute atomic E-state index is 12.0. The topological polar surface area (TPSA) is 86.5 Å². The molecule has 0 unspecified atom stereocenters. The summed E-state index contributed by atoms with van der Waals surface area (Å²) in [4.78, 5) is 12.0. The molecule has 1 amide bonds. The number of nitrogens with zero attached hydrogens (tertiary/aromatic N) is 2. The van der Waals surface area contributed by atoms with E-state index in [0.29, 0.717) is 11.4 Å². The van der Waals surface area contributed by atoms with E-state index in [1.807, 2.05) is 24.3 Å². The summed E-state index contributed by atoms with van der Waals surface area (Å²) < 4.78 is 0. The molecule has 0 saturated heterocycles. The van der Waals surface area contributed by atoms with Gasteiger partial charge in [-0.05, 0) is 6.07 Å². The lowest BCUT2D eigenvalue weighted by atomic mass is 10.2. The first-order valence-electron chi connectivity index (χ1n) is 5.08. The Morgan fingerprint density at radius 2 is 2.18 bits per heavy atom. The number of carbonyl (C=O) groups is 1. The Kier molecular flexibility index (Phi) is 2.11. The first-order chi connectivity index (χ1) is 8.34. The van der Waals surface area contributed by atoms with E-state index in [9.17, 15) is 4.79 Å². The number of anilines is 1. The average molecular weight is 227 g/mol. The number of rotatable bonds is 2. The van der Waals surface area contributed by atoms with Crippen LogP contribution in [0.2, 0.25) is 0 Å². The first kappa shape index (κ1) is 9.59. The molecular formula is C11H9N5O. The van der Waals surface area contributed by atoms with E-state index in [2.05, 4.69) is 25.7 Å². The van der Waals surface area contributed by atoms with Gasteiger partial charge >= 0.3 is 0 Å². The quantitative estimate of drug-likeness (QED) is 0.620. The van der Waals surface area contributed by atoms with Crippen LogP contribution in [-0.2, 0) is 0 Å². The van der Waals surface area contributed by atoms with Crippen molar-refractivity contribution >= 4 is 22.5 Å². The molecule has 0 spiro atoms. The summed E-state index contributed by atoms with van der Waals surface area (Å²) in [7, 11) is 0. The van der Waals surface area contributed by atoms with Crippen molar-refractivity contribution in [3.63, 3.8) is 0 Å². The van der Waals surface area contributed by atoms with Crippen molar-refractivity contribution in [2.45, 2.75) is 0 Å².